The second kappa shape index (κ2) is 9.80. The third kappa shape index (κ3) is 4.36. The quantitative estimate of drug-likeness (QED) is 0.327. The molecule has 7 aliphatic heterocycles. The van der Waals surface area contributed by atoms with Gasteiger partial charge in [-0.1, -0.05) is 101 Å². The molecular weight excluding hydrogens is 510 g/mol. The zero-order chi connectivity index (χ0) is 29.9. The lowest BCUT2D eigenvalue weighted by Gasteiger charge is -2.51. The maximum absolute atomic E-state index is 5.09. The fourth-order valence-corrected chi connectivity index (χ4v) is 7.00. The van der Waals surface area contributed by atoms with Crippen LogP contribution in [0.25, 0.3) is 0 Å². The molecule has 8 bridgehead atoms. The smallest absolute Gasteiger partial charge is 0.180 e. The highest BCUT2D eigenvalue weighted by Gasteiger charge is 2.60. The van der Waals surface area contributed by atoms with Crippen LogP contribution >= 0.6 is 0 Å². The lowest BCUT2D eigenvalue weighted by molar-refractivity contribution is 0.129. The summed E-state index contributed by atoms with van der Waals surface area (Å²) in [7, 11) is 0. The van der Waals surface area contributed by atoms with E-state index >= 15 is 0 Å². The van der Waals surface area contributed by atoms with Crippen LogP contribution in [-0.4, -0.2) is 45.5 Å². The third-order valence-electron chi connectivity index (χ3n) is 11.5. The van der Waals surface area contributed by atoms with Crippen molar-refractivity contribution < 1.29 is 0 Å². The van der Waals surface area contributed by atoms with Crippen LogP contribution in [0.15, 0.2) is 18.6 Å². The van der Waals surface area contributed by atoms with Gasteiger partial charge in [0.15, 0.2) is 17.5 Å². The molecule has 0 spiro atoms. The molecule has 0 radical (unpaired) electrons. The van der Waals surface area contributed by atoms with Gasteiger partial charge in [0.25, 0.3) is 0 Å². The molecule has 10 rings (SSSR count). The van der Waals surface area contributed by atoms with Crippen molar-refractivity contribution in [1.29, 1.82) is 0 Å². The zero-order valence-electron chi connectivity index (χ0n) is 26.7. The molecule has 41 heavy (non-hydrogen) atoms. The van der Waals surface area contributed by atoms with Gasteiger partial charge in [0, 0.05) is 34.1 Å². The van der Waals surface area contributed by atoms with Crippen molar-refractivity contribution in [2.45, 2.75) is 147 Å². The predicted molar refractivity (Wildman–Crippen MR) is 159 cm³/mol. The Hall–Kier alpha value is -2.97. The van der Waals surface area contributed by atoms with E-state index in [9.17, 15) is 0 Å². The maximum Gasteiger partial charge on any atom is 0.180 e. The Morgan fingerprint density at radius 3 is 1.49 bits per heavy atom. The van der Waals surface area contributed by atoms with Crippen molar-refractivity contribution in [3.63, 3.8) is 0 Å². The van der Waals surface area contributed by atoms with Crippen LogP contribution in [0, 0.1) is 0 Å². The summed E-state index contributed by atoms with van der Waals surface area (Å²) in [6, 6.07) is 0. The van der Waals surface area contributed by atoms with Gasteiger partial charge in [-0.05, 0) is 23.8 Å². The van der Waals surface area contributed by atoms with Crippen LogP contribution in [0.4, 0.5) is 0 Å². The monoisotopic (exact) mass is 557 g/mol. The second-order valence-corrected chi connectivity index (χ2v) is 15.0. The molecule has 0 saturated heterocycles. The second-order valence-electron chi connectivity index (χ2n) is 15.0. The number of rotatable bonds is 0. The van der Waals surface area contributed by atoms with Gasteiger partial charge in [-0.3, -0.25) is 0 Å². The molecule has 3 aromatic rings. The van der Waals surface area contributed by atoms with E-state index < -0.39 is 27.1 Å². The lowest BCUT2D eigenvalue weighted by atomic mass is 9.52. The highest BCUT2D eigenvalue weighted by molar-refractivity contribution is 5.34. The molecule has 2 unspecified atom stereocenters. The first-order valence-corrected chi connectivity index (χ1v) is 15.2. The van der Waals surface area contributed by atoms with E-state index in [-0.39, 0.29) is 5.41 Å². The lowest BCUT2D eigenvalue weighted by Crippen LogP contribution is -2.58. The topological polar surface area (TPSA) is 116 Å². The Labute approximate surface area is 245 Å². The predicted octanol–water partition coefficient (Wildman–Crippen LogP) is 6.03. The highest BCUT2D eigenvalue weighted by atomic mass is 15.3. The Morgan fingerprint density at radius 1 is 0.463 bits per heavy atom. The van der Waals surface area contributed by atoms with E-state index in [2.05, 4.69) is 69.2 Å². The van der Waals surface area contributed by atoms with Crippen LogP contribution in [0.5, 0.6) is 0 Å². The minimum atomic E-state index is -0.776. The summed E-state index contributed by atoms with van der Waals surface area (Å²) in [6.07, 6.45) is 13.8. The molecule has 0 saturated carbocycles. The summed E-state index contributed by atoms with van der Waals surface area (Å²) in [4.78, 5) is 15.1. The first kappa shape index (κ1) is 29.5. The Morgan fingerprint density at radius 2 is 0.927 bits per heavy atom. The summed E-state index contributed by atoms with van der Waals surface area (Å²) in [5.41, 5.74) is -1.02. The Balaban J connectivity index is 1.79. The van der Waals surface area contributed by atoms with Crippen molar-refractivity contribution in [2.75, 3.05) is 0 Å². The zero-order valence-corrected chi connectivity index (χ0v) is 26.7. The van der Waals surface area contributed by atoms with Gasteiger partial charge in [0.1, 0.15) is 5.82 Å². The van der Waals surface area contributed by atoms with Crippen LogP contribution in [-0.2, 0) is 32.5 Å². The van der Waals surface area contributed by atoms with Crippen molar-refractivity contribution in [2.24, 2.45) is 0 Å². The largest absolute Gasteiger partial charge is 0.240 e. The molecule has 0 amide bonds. The van der Waals surface area contributed by atoms with E-state index in [0.717, 1.165) is 36.9 Å². The van der Waals surface area contributed by atoms with Crippen molar-refractivity contribution in [1.82, 2.24) is 45.5 Å². The summed E-state index contributed by atoms with van der Waals surface area (Å²) in [6.45, 7) is 21.9. The maximum atomic E-state index is 5.09. The first-order valence-electron chi connectivity index (χ1n) is 15.2. The third-order valence-corrected chi connectivity index (χ3v) is 11.5. The highest BCUT2D eigenvalue weighted by Crippen LogP contribution is 2.54. The van der Waals surface area contributed by atoms with Gasteiger partial charge in [-0.15, -0.1) is 25.5 Å². The summed E-state index contributed by atoms with van der Waals surface area (Å²) < 4.78 is 0. The number of fused-ring (bicyclic) bond motifs is 1. The van der Waals surface area contributed by atoms with Crippen molar-refractivity contribution in [3.05, 3.63) is 53.1 Å². The van der Waals surface area contributed by atoms with Gasteiger partial charge in [0.05, 0.1) is 17.3 Å². The summed E-state index contributed by atoms with van der Waals surface area (Å²) in [5.74, 6) is 2.47. The van der Waals surface area contributed by atoms with Gasteiger partial charge >= 0.3 is 0 Å². The van der Waals surface area contributed by atoms with E-state index in [1.165, 1.54) is 19.3 Å². The Kier molecular flexibility index (Phi) is 7.06. The molecule has 3 aromatic heterocycles. The van der Waals surface area contributed by atoms with Gasteiger partial charge in [-0.2, -0.15) is 5.10 Å². The first-order chi connectivity index (χ1) is 19.1. The van der Waals surface area contributed by atoms with E-state index in [0.29, 0.717) is 23.3 Å². The van der Waals surface area contributed by atoms with E-state index in [1.54, 1.807) is 0 Å². The fraction of sp³-hybridized carbons (Fsp3) is 0.719. The SMILES string of the molecule is CC1(C)CCCCCCCC2(C)c3cnc(nn3)C(C)(C(C)(C)c3ncc1cn3)C(C)(C)c1nnc(nn1)C2(C)C. The minimum absolute atomic E-state index is 0.00475. The number of aromatic nitrogens is 9. The van der Waals surface area contributed by atoms with Gasteiger partial charge in [0.2, 0.25) is 0 Å². The molecule has 9 heteroatoms. The molecule has 9 nitrogen and oxygen atoms in total. The van der Waals surface area contributed by atoms with Crippen LogP contribution < -0.4 is 0 Å². The normalized spacial score (nSPS) is 28.5. The van der Waals surface area contributed by atoms with E-state index in [4.69, 9.17) is 45.5 Å². The number of hydrogen-bond donors (Lipinski definition) is 0. The molecule has 10 heterocycles. The van der Waals surface area contributed by atoms with Crippen LogP contribution in [0.3, 0.4) is 0 Å². The molecule has 0 N–H and O–H groups in total. The van der Waals surface area contributed by atoms with E-state index in [1.807, 2.05) is 18.6 Å². The molecular formula is C32H47N9. The Bertz CT molecular complexity index is 1380. The average molecular weight is 558 g/mol. The van der Waals surface area contributed by atoms with Crippen LogP contribution in [0.1, 0.15) is 149 Å². The molecule has 7 aliphatic rings. The van der Waals surface area contributed by atoms with Crippen LogP contribution in [0.2, 0.25) is 0 Å². The standard InChI is InChI=1S/C32H47N9/c1-27(2)16-14-12-11-13-15-17-31(9)22-20-35-26(41-36-22)32(10,29(5,6)23-33-18-21(27)19-34-23)30(7,8)25-39-37-24(38-40-25)28(31,3)4/h18-20H,11-17H2,1-10H3. The summed E-state index contributed by atoms with van der Waals surface area (Å²) >= 11 is 0. The summed E-state index contributed by atoms with van der Waals surface area (Å²) in [5, 5.41) is 28.8. The molecule has 220 valence electrons. The molecule has 0 aromatic carbocycles. The fourth-order valence-electron chi connectivity index (χ4n) is 7.00. The number of nitrogens with zero attached hydrogens (tertiary/aromatic N) is 9. The molecule has 2 atom stereocenters. The number of hydrogen-bond acceptors (Lipinski definition) is 9. The molecule has 0 fully saturated rings. The van der Waals surface area contributed by atoms with Gasteiger partial charge in [-0.25, -0.2) is 15.0 Å². The minimum Gasteiger partial charge on any atom is -0.240 e. The van der Waals surface area contributed by atoms with Gasteiger partial charge < -0.3 is 0 Å². The molecule has 0 aliphatic carbocycles. The average Bonchev–Trinajstić information content (AvgIpc) is 2.95. The van der Waals surface area contributed by atoms with Crippen molar-refractivity contribution in [3.8, 4) is 0 Å². The van der Waals surface area contributed by atoms with Crippen molar-refractivity contribution >= 4 is 0 Å².